The molecule has 0 unspecified atom stereocenters. The third-order valence-electron chi connectivity index (χ3n) is 1.84. The van der Waals surface area contributed by atoms with Crippen molar-refractivity contribution in [1.82, 2.24) is 0 Å². The van der Waals surface area contributed by atoms with Gasteiger partial charge >= 0.3 is 0 Å². The van der Waals surface area contributed by atoms with Crippen molar-refractivity contribution < 1.29 is 9.53 Å². The summed E-state index contributed by atoms with van der Waals surface area (Å²) < 4.78 is 5.46. The number of benzene rings is 1. The van der Waals surface area contributed by atoms with Crippen molar-refractivity contribution in [2.75, 3.05) is 12.3 Å². The van der Waals surface area contributed by atoms with E-state index in [0.717, 1.165) is 0 Å². The number of rotatable bonds is 4. The van der Waals surface area contributed by atoms with Gasteiger partial charge < -0.3 is 16.2 Å². The highest BCUT2D eigenvalue weighted by molar-refractivity contribution is 5.96. The van der Waals surface area contributed by atoms with Crippen LogP contribution in [0.25, 0.3) is 0 Å². The van der Waals surface area contributed by atoms with E-state index in [2.05, 4.69) is 0 Å². The van der Waals surface area contributed by atoms with Crippen molar-refractivity contribution in [3.05, 3.63) is 23.8 Å². The van der Waals surface area contributed by atoms with Crippen molar-refractivity contribution in [3.8, 4) is 5.75 Å². The summed E-state index contributed by atoms with van der Waals surface area (Å²) in [4.78, 5) is 11.1. The highest BCUT2D eigenvalue weighted by Crippen LogP contribution is 2.21. The van der Waals surface area contributed by atoms with Gasteiger partial charge in [0.1, 0.15) is 5.75 Å². The first kappa shape index (κ1) is 11.4. The van der Waals surface area contributed by atoms with E-state index >= 15 is 0 Å². The number of nitrogen functional groups attached to an aromatic ring is 1. The van der Waals surface area contributed by atoms with Gasteiger partial charge in [-0.05, 0) is 18.1 Å². The fourth-order valence-electron chi connectivity index (χ4n) is 1.12. The quantitative estimate of drug-likeness (QED) is 0.734. The molecule has 0 aliphatic rings. The van der Waals surface area contributed by atoms with Crippen LogP contribution in [0.2, 0.25) is 0 Å². The molecule has 0 aliphatic heterocycles. The van der Waals surface area contributed by atoms with Gasteiger partial charge in [-0.15, -0.1) is 0 Å². The standard InChI is InChI=1S/C11H16N2O2/c1-7(2)6-15-10-5-8(12)3-4-9(10)11(13)14/h3-5,7H,6,12H2,1-2H3,(H2,13,14). The van der Waals surface area contributed by atoms with Gasteiger partial charge in [0, 0.05) is 11.8 Å². The zero-order chi connectivity index (χ0) is 11.4. The number of hydrogen-bond donors (Lipinski definition) is 2. The van der Waals surface area contributed by atoms with Gasteiger partial charge in [0.15, 0.2) is 0 Å². The Balaban J connectivity index is 2.92. The predicted molar refractivity (Wildman–Crippen MR) is 59.7 cm³/mol. The van der Waals surface area contributed by atoms with Crippen LogP contribution in [0.4, 0.5) is 5.69 Å². The summed E-state index contributed by atoms with van der Waals surface area (Å²) in [6, 6.07) is 4.82. The van der Waals surface area contributed by atoms with Crippen molar-refractivity contribution >= 4 is 11.6 Å². The Kier molecular flexibility index (Phi) is 3.55. The molecule has 4 nitrogen and oxygen atoms in total. The zero-order valence-electron chi connectivity index (χ0n) is 8.99. The van der Waals surface area contributed by atoms with Crippen LogP contribution in [-0.4, -0.2) is 12.5 Å². The minimum Gasteiger partial charge on any atom is -0.492 e. The average Bonchev–Trinajstić information content (AvgIpc) is 2.14. The largest absolute Gasteiger partial charge is 0.492 e. The molecule has 4 heteroatoms. The second-order valence-electron chi connectivity index (χ2n) is 3.82. The van der Waals surface area contributed by atoms with Crippen molar-refractivity contribution in [3.63, 3.8) is 0 Å². The smallest absolute Gasteiger partial charge is 0.252 e. The molecule has 0 spiro atoms. The Labute approximate surface area is 89.2 Å². The minimum atomic E-state index is -0.506. The maximum Gasteiger partial charge on any atom is 0.252 e. The van der Waals surface area contributed by atoms with E-state index in [0.29, 0.717) is 29.5 Å². The third kappa shape index (κ3) is 3.16. The van der Waals surface area contributed by atoms with E-state index < -0.39 is 5.91 Å². The molecule has 0 saturated carbocycles. The molecule has 0 radical (unpaired) electrons. The Morgan fingerprint density at radius 1 is 1.47 bits per heavy atom. The molecule has 0 fully saturated rings. The molecule has 0 atom stereocenters. The highest BCUT2D eigenvalue weighted by atomic mass is 16.5. The second kappa shape index (κ2) is 4.68. The zero-order valence-corrected chi connectivity index (χ0v) is 8.99. The van der Waals surface area contributed by atoms with Crippen LogP contribution in [0.1, 0.15) is 24.2 Å². The number of carbonyl (C=O) groups is 1. The van der Waals surface area contributed by atoms with Gasteiger partial charge in [-0.3, -0.25) is 4.79 Å². The summed E-state index contributed by atoms with van der Waals surface area (Å²) in [5.41, 5.74) is 11.7. The molecule has 0 bridgehead atoms. The first-order chi connectivity index (χ1) is 7.00. The van der Waals surface area contributed by atoms with Crippen LogP contribution < -0.4 is 16.2 Å². The minimum absolute atomic E-state index is 0.366. The lowest BCUT2D eigenvalue weighted by molar-refractivity contribution is 0.0995. The van der Waals surface area contributed by atoms with E-state index in [1.165, 1.54) is 0 Å². The lowest BCUT2D eigenvalue weighted by Crippen LogP contribution is -2.14. The van der Waals surface area contributed by atoms with E-state index in [-0.39, 0.29) is 0 Å². The number of carbonyl (C=O) groups excluding carboxylic acids is 1. The van der Waals surface area contributed by atoms with Crippen molar-refractivity contribution in [2.24, 2.45) is 11.7 Å². The molecule has 82 valence electrons. The first-order valence-corrected chi connectivity index (χ1v) is 4.83. The van der Waals surface area contributed by atoms with Gasteiger partial charge in [0.2, 0.25) is 0 Å². The molecule has 1 aromatic carbocycles. The average molecular weight is 208 g/mol. The molecule has 0 heterocycles. The summed E-state index contributed by atoms with van der Waals surface area (Å²) in [6.45, 7) is 4.58. The third-order valence-corrected chi connectivity index (χ3v) is 1.84. The number of amides is 1. The molecule has 15 heavy (non-hydrogen) atoms. The van der Waals surface area contributed by atoms with Gasteiger partial charge in [-0.1, -0.05) is 13.8 Å². The van der Waals surface area contributed by atoms with Crippen LogP contribution in [0.15, 0.2) is 18.2 Å². The molecular weight excluding hydrogens is 192 g/mol. The van der Waals surface area contributed by atoms with Crippen molar-refractivity contribution in [2.45, 2.75) is 13.8 Å². The van der Waals surface area contributed by atoms with Crippen LogP contribution >= 0.6 is 0 Å². The predicted octanol–water partition coefficient (Wildman–Crippen LogP) is 1.40. The molecular formula is C11H16N2O2. The highest BCUT2D eigenvalue weighted by Gasteiger charge is 2.10. The normalized spacial score (nSPS) is 10.3. The van der Waals surface area contributed by atoms with Gasteiger partial charge in [0.25, 0.3) is 5.91 Å². The number of nitrogens with two attached hydrogens (primary N) is 2. The number of primary amides is 1. The molecule has 0 aromatic heterocycles. The summed E-state index contributed by atoms with van der Waals surface area (Å²) in [7, 11) is 0. The van der Waals surface area contributed by atoms with Crippen LogP contribution in [0.3, 0.4) is 0 Å². The van der Waals surface area contributed by atoms with Crippen molar-refractivity contribution in [1.29, 1.82) is 0 Å². The molecule has 1 aromatic rings. The fourth-order valence-corrected chi connectivity index (χ4v) is 1.12. The Bertz CT molecular complexity index is 362. The van der Waals surface area contributed by atoms with Crippen LogP contribution in [0.5, 0.6) is 5.75 Å². The molecule has 4 N–H and O–H groups in total. The second-order valence-corrected chi connectivity index (χ2v) is 3.82. The number of ether oxygens (including phenoxy) is 1. The lowest BCUT2D eigenvalue weighted by Gasteiger charge is -2.11. The number of anilines is 1. The van der Waals surface area contributed by atoms with Crippen LogP contribution in [-0.2, 0) is 0 Å². The van der Waals surface area contributed by atoms with Gasteiger partial charge in [-0.2, -0.15) is 0 Å². The van der Waals surface area contributed by atoms with Crippen LogP contribution in [0, 0.1) is 5.92 Å². The number of hydrogen-bond acceptors (Lipinski definition) is 3. The summed E-state index contributed by atoms with van der Waals surface area (Å²) in [6.07, 6.45) is 0. The molecule has 1 rings (SSSR count). The van der Waals surface area contributed by atoms with E-state index in [4.69, 9.17) is 16.2 Å². The maximum atomic E-state index is 11.1. The SMILES string of the molecule is CC(C)COc1cc(N)ccc1C(N)=O. The maximum absolute atomic E-state index is 11.1. The Morgan fingerprint density at radius 3 is 2.67 bits per heavy atom. The Hall–Kier alpha value is -1.71. The summed E-state index contributed by atoms with van der Waals surface area (Å²) in [5, 5.41) is 0. The van der Waals surface area contributed by atoms with Gasteiger partial charge in [0.05, 0.1) is 12.2 Å². The Morgan fingerprint density at radius 2 is 2.13 bits per heavy atom. The fraction of sp³-hybridized carbons (Fsp3) is 0.364. The van der Waals surface area contributed by atoms with E-state index in [1.54, 1.807) is 18.2 Å². The topological polar surface area (TPSA) is 78.3 Å². The molecule has 1 amide bonds. The van der Waals surface area contributed by atoms with Gasteiger partial charge in [-0.25, -0.2) is 0 Å². The van der Waals surface area contributed by atoms with E-state index in [9.17, 15) is 4.79 Å². The lowest BCUT2D eigenvalue weighted by atomic mass is 10.1. The summed E-state index contributed by atoms with van der Waals surface area (Å²) in [5.74, 6) is 0.331. The first-order valence-electron chi connectivity index (χ1n) is 4.83. The van der Waals surface area contributed by atoms with E-state index in [1.807, 2.05) is 13.8 Å². The molecule has 0 aliphatic carbocycles. The molecule has 0 saturated heterocycles. The summed E-state index contributed by atoms with van der Waals surface area (Å²) >= 11 is 0. The monoisotopic (exact) mass is 208 g/mol.